The van der Waals surface area contributed by atoms with Gasteiger partial charge in [0.05, 0.1) is 23.8 Å². The Morgan fingerprint density at radius 3 is 2.79 bits per heavy atom. The average Bonchev–Trinajstić information content (AvgIpc) is 3.01. The van der Waals surface area contributed by atoms with Gasteiger partial charge >= 0.3 is 6.18 Å². The molecule has 1 saturated heterocycles. The molecule has 1 fully saturated rings. The molecule has 2 heterocycles. The number of aromatic nitrogens is 2. The average molecular weight is 398 g/mol. The van der Waals surface area contributed by atoms with E-state index in [1.807, 2.05) is 0 Å². The number of rotatable bonds is 4. The molecule has 1 N–H and O–H groups in total. The lowest BCUT2D eigenvalue weighted by atomic mass is 9.84. The van der Waals surface area contributed by atoms with Gasteiger partial charge in [-0.05, 0) is 24.1 Å². The van der Waals surface area contributed by atoms with Gasteiger partial charge in [0.2, 0.25) is 11.8 Å². The van der Waals surface area contributed by atoms with Crippen molar-refractivity contribution >= 4 is 17.5 Å². The lowest BCUT2D eigenvalue weighted by molar-refractivity contribution is -0.142. The van der Waals surface area contributed by atoms with Crippen molar-refractivity contribution in [2.45, 2.75) is 31.6 Å². The predicted molar refractivity (Wildman–Crippen MR) is 91.5 cm³/mol. The van der Waals surface area contributed by atoms with Crippen molar-refractivity contribution in [2.24, 2.45) is 5.92 Å². The third kappa shape index (κ3) is 4.49. The molecule has 3 rings (SSSR count). The standard InChI is InChI=1S/C18H18F4N4O2/c1-25-15(27)6-5-14(16(25)11-3-2-4-12(19)7-11)17(28)24-13-8-23-26(9-13)10-18(20,21)22/h2-4,7-9,14,16H,5-6,10H2,1H3,(H,24,28). The van der Waals surface area contributed by atoms with Crippen molar-refractivity contribution in [3.63, 3.8) is 0 Å². The fourth-order valence-corrected chi connectivity index (χ4v) is 3.39. The number of alkyl halides is 3. The van der Waals surface area contributed by atoms with Gasteiger partial charge in [0.1, 0.15) is 12.4 Å². The first-order valence-corrected chi connectivity index (χ1v) is 8.55. The van der Waals surface area contributed by atoms with Gasteiger partial charge in [-0.3, -0.25) is 14.3 Å². The van der Waals surface area contributed by atoms with Crippen molar-refractivity contribution in [3.05, 3.63) is 48.0 Å². The molecule has 1 aromatic heterocycles. The number of carbonyl (C=O) groups excluding carboxylic acids is 2. The van der Waals surface area contributed by atoms with Crippen molar-refractivity contribution in [2.75, 3.05) is 12.4 Å². The van der Waals surface area contributed by atoms with Crippen molar-refractivity contribution in [1.82, 2.24) is 14.7 Å². The van der Waals surface area contributed by atoms with Gasteiger partial charge < -0.3 is 10.2 Å². The van der Waals surface area contributed by atoms with Crippen LogP contribution in [0.4, 0.5) is 23.2 Å². The zero-order valence-electron chi connectivity index (χ0n) is 14.9. The number of piperidine rings is 1. The van der Waals surface area contributed by atoms with Gasteiger partial charge in [0.15, 0.2) is 0 Å². The van der Waals surface area contributed by atoms with Crippen LogP contribution in [0.3, 0.4) is 0 Å². The summed E-state index contributed by atoms with van der Waals surface area (Å²) in [4.78, 5) is 26.3. The van der Waals surface area contributed by atoms with Crippen LogP contribution in [0.25, 0.3) is 0 Å². The third-order valence-corrected chi connectivity index (χ3v) is 4.63. The van der Waals surface area contributed by atoms with Crippen molar-refractivity contribution in [1.29, 1.82) is 0 Å². The lowest BCUT2D eigenvalue weighted by Gasteiger charge is -2.38. The summed E-state index contributed by atoms with van der Waals surface area (Å²) in [5, 5.41) is 6.13. The van der Waals surface area contributed by atoms with Crippen molar-refractivity contribution in [3.8, 4) is 0 Å². The number of likely N-dealkylation sites (tertiary alicyclic amines) is 1. The smallest absolute Gasteiger partial charge is 0.338 e. The Bertz CT molecular complexity index is 880. The number of halogens is 4. The van der Waals surface area contributed by atoms with Gasteiger partial charge in [-0.25, -0.2) is 4.39 Å². The summed E-state index contributed by atoms with van der Waals surface area (Å²) in [5.74, 6) is -1.82. The first-order valence-electron chi connectivity index (χ1n) is 8.55. The molecule has 28 heavy (non-hydrogen) atoms. The second kappa shape index (κ2) is 7.61. The largest absolute Gasteiger partial charge is 0.408 e. The number of hydrogen-bond acceptors (Lipinski definition) is 3. The Hall–Kier alpha value is -2.91. The van der Waals surface area contributed by atoms with Crippen LogP contribution in [0.1, 0.15) is 24.4 Å². The number of hydrogen-bond donors (Lipinski definition) is 1. The summed E-state index contributed by atoms with van der Waals surface area (Å²) in [7, 11) is 1.54. The molecule has 2 aromatic rings. The maximum atomic E-state index is 13.7. The molecule has 0 bridgehead atoms. The highest BCUT2D eigenvalue weighted by molar-refractivity contribution is 5.94. The fourth-order valence-electron chi connectivity index (χ4n) is 3.39. The second-order valence-electron chi connectivity index (χ2n) is 6.68. The molecular formula is C18H18F4N4O2. The Morgan fingerprint density at radius 2 is 2.11 bits per heavy atom. The van der Waals surface area contributed by atoms with Gasteiger partial charge in [0, 0.05) is 19.7 Å². The first-order chi connectivity index (χ1) is 13.1. The van der Waals surface area contributed by atoms with Crippen LogP contribution < -0.4 is 5.32 Å². The fraction of sp³-hybridized carbons (Fsp3) is 0.389. The monoisotopic (exact) mass is 398 g/mol. The molecule has 150 valence electrons. The predicted octanol–water partition coefficient (Wildman–Crippen LogP) is 3.13. The zero-order valence-corrected chi connectivity index (χ0v) is 14.9. The Morgan fingerprint density at radius 1 is 1.36 bits per heavy atom. The lowest BCUT2D eigenvalue weighted by Crippen LogP contribution is -2.44. The highest BCUT2D eigenvalue weighted by Gasteiger charge is 2.39. The quantitative estimate of drug-likeness (QED) is 0.805. The van der Waals surface area contributed by atoms with E-state index < -0.39 is 36.4 Å². The first kappa shape index (κ1) is 19.8. The molecule has 2 unspecified atom stereocenters. The molecule has 1 aliphatic heterocycles. The van der Waals surface area contributed by atoms with Gasteiger partial charge in [-0.2, -0.15) is 18.3 Å². The van der Waals surface area contributed by atoms with E-state index in [1.54, 1.807) is 13.1 Å². The molecule has 2 amide bonds. The molecular weight excluding hydrogens is 380 g/mol. The number of benzene rings is 1. The van der Waals surface area contributed by atoms with E-state index in [0.717, 1.165) is 12.4 Å². The summed E-state index contributed by atoms with van der Waals surface area (Å²) >= 11 is 0. The van der Waals surface area contributed by atoms with Crippen LogP contribution in [-0.4, -0.2) is 39.7 Å². The minimum absolute atomic E-state index is 0.117. The maximum Gasteiger partial charge on any atom is 0.408 e. The van der Waals surface area contributed by atoms with E-state index in [1.165, 1.54) is 23.1 Å². The molecule has 1 aliphatic rings. The third-order valence-electron chi connectivity index (χ3n) is 4.63. The summed E-state index contributed by atoms with van der Waals surface area (Å²) < 4.78 is 51.6. The van der Waals surface area contributed by atoms with E-state index in [9.17, 15) is 27.2 Å². The zero-order chi connectivity index (χ0) is 20.5. The van der Waals surface area contributed by atoms with Crippen LogP contribution in [0.5, 0.6) is 0 Å². The summed E-state index contributed by atoms with van der Waals surface area (Å²) in [6.45, 7) is -1.27. The van der Waals surface area contributed by atoms with Crippen LogP contribution in [0.15, 0.2) is 36.7 Å². The molecule has 2 atom stereocenters. The Balaban J connectivity index is 1.80. The van der Waals surface area contributed by atoms with Gasteiger partial charge in [-0.1, -0.05) is 12.1 Å². The van der Waals surface area contributed by atoms with E-state index >= 15 is 0 Å². The maximum absolute atomic E-state index is 13.7. The van der Waals surface area contributed by atoms with E-state index in [2.05, 4.69) is 10.4 Å². The summed E-state index contributed by atoms with van der Waals surface area (Å²) in [6, 6.07) is 4.97. The molecule has 0 aliphatic carbocycles. The molecule has 10 heteroatoms. The Labute approximate surface area is 158 Å². The summed E-state index contributed by atoms with van der Waals surface area (Å²) in [5.41, 5.74) is 0.593. The number of anilines is 1. The van der Waals surface area contributed by atoms with E-state index in [4.69, 9.17) is 0 Å². The number of nitrogens with one attached hydrogen (secondary N) is 1. The van der Waals surface area contributed by atoms with Crippen LogP contribution in [0, 0.1) is 11.7 Å². The normalized spacial score (nSPS) is 20.3. The van der Waals surface area contributed by atoms with Crippen LogP contribution in [0.2, 0.25) is 0 Å². The minimum Gasteiger partial charge on any atom is -0.338 e. The van der Waals surface area contributed by atoms with Crippen molar-refractivity contribution < 1.29 is 27.2 Å². The molecule has 0 spiro atoms. The number of carbonyl (C=O) groups is 2. The highest BCUT2D eigenvalue weighted by atomic mass is 19.4. The number of nitrogens with zero attached hydrogens (tertiary/aromatic N) is 3. The molecule has 6 nitrogen and oxygen atoms in total. The van der Waals surface area contributed by atoms with Crippen LogP contribution in [-0.2, 0) is 16.1 Å². The van der Waals surface area contributed by atoms with E-state index in [-0.39, 0.29) is 24.4 Å². The Kier molecular flexibility index (Phi) is 5.39. The molecule has 0 saturated carbocycles. The van der Waals surface area contributed by atoms with E-state index in [0.29, 0.717) is 10.2 Å². The summed E-state index contributed by atoms with van der Waals surface area (Å²) in [6.07, 6.45) is -1.83. The van der Waals surface area contributed by atoms with Gasteiger partial charge in [-0.15, -0.1) is 0 Å². The minimum atomic E-state index is -4.43. The van der Waals surface area contributed by atoms with Gasteiger partial charge in [0.25, 0.3) is 0 Å². The SMILES string of the molecule is CN1C(=O)CCC(C(=O)Nc2cnn(CC(F)(F)F)c2)C1c1cccc(F)c1. The number of amides is 2. The second-order valence-corrected chi connectivity index (χ2v) is 6.68. The highest BCUT2D eigenvalue weighted by Crippen LogP contribution is 2.36. The topological polar surface area (TPSA) is 67.2 Å². The molecule has 1 aromatic carbocycles. The van der Waals surface area contributed by atoms with Crippen LogP contribution >= 0.6 is 0 Å². The molecule has 0 radical (unpaired) electrons.